The summed E-state index contributed by atoms with van der Waals surface area (Å²) in [5.41, 5.74) is 1.04. The minimum atomic E-state index is -1.02. The third-order valence-electron chi connectivity index (χ3n) is 5.15. The Hall–Kier alpha value is -2.61. The van der Waals surface area contributed by atoms with Crippen molar-refractivity contribution in [2.24, 2.45) is 5.41 Å². The monoisotopic (exact) mass is 422 g/mol. The van der Waals surface area contributed by atoms with Crippen LogP contribution in [0.3, 0.4) is 0 Å². The summed E-state index contributed by atoms with van der Waals surface area (Å²) in [5.74, 6) is -1.64. The van der Waals surface area contributed by atoms with Gasteiger partial charge in [-0.3, -0.25) is 19.5 Å². The van der Waals surface area contributed by atoms with Crippen molar-refractivity contribution >= 4 is 40.4 Å². The molecule has 2 atom stereocenters. The van der Waals surface area contributed by atoms with Gasteiger partial charge in [-0.05, 0) is 31.9 Å². The normalized spacial score (nSPS) is 20.3. The number of halogens is 1. The first-order valence-electron chi connectivity index (χ1n) is 9.44. The highest BCUT2D eigenvalue weighted by Crippen LogP contribution is 2.63. The van der Waals surface area contributed by atoms with Crippen molar-refractivity contribution < 1.29 is 28.6 Å². The summed E-state index contributed by atoms with van der Waals surface area (Å²) < 4.78 is 15.5. The smallest absolute Gasteiger partial charge is 0.313 e. The van der Waals surface area contributed by atoms with E-state index in [2.05, 4.69) is 10.2 Å². The number of carbonyl (C=O) groups is 3. The minimum absolute atomic E-state index is 0.00663. The molecule has 3 rings (SSSR count). The summed E-state index contributed by atoms with van der Waals surface area (Å²) >= 11 is 6.41. The van der Waals surface area contributed by atoms with Crippen molar-refractivity contribution in [1.82, 2.24) is 10.2 Å². The largest absolute Gasteiger partial charge is 0.466 e. The average Bonchev–Trinajstić information content (AvgIpc) is 3.15. The van der Waals surface area contributed by atoms with Crippen molar-refractivity contribution in [2.75, 3.05) is 13.2 Å². The van der Waals surface area contributed by atoms with Crippen LogP contribution in [0.15, 0.2) is 12.3 Å². The Morgan fingerprint density at radius 3 is 2.62 bits per heavy atom. The predicted molar refractivity (Wildman–Crippen MR) is 104 cm³/mol. The van der Waals surface area contributed by atoms with E-state index in [0.717, 1.165) is 5.56 Å². The lowest BCUT2D eigenvalue weighted by molar-refractivity contribution is -0.156. The Bertz CT molecular complexity index is 956. The molecule has 1 aliphatic carbocycles. The number of hydrogen-bond acceptors (Lipinski definition) is 7. The zero-order valence-electron chi connectivity index (χ0n) is 16.5. The Kier molecular flexibility index (Phi) is 6.12. The summed E-state index contributed by atoms with van der Waals surface area (Å²) in [7, 11) is 0. The Morgan fingerprint density at radius 2 is 1.97 bits per heavy atom. The van der Waals surface area contributed by atoms with Gasteiger partial charge in [0, 0.05) is 23.8 Å². The van der Waals surface area contributed by atoms with Crippen LogP contribution in [-0.2, 0) is 35.2 Å². The summed E-state index contributed by atoms with van der Waals surface area (Å²) in [6, 6.07) is 1.73. The van der Waals surface area contributed by atoms with Crippen LogP contribution in [0.4, 0.5) is 0 Å². The number of aromatic amines is 1. The van der Waals surface area contributed by atoms with Gasteiger partial charge in [0.15, 0.2) is 0 Å². The second-order valence-electron chi connectivity index (χ2n) is 6.98. The second-order valence-corrected chi connectivity index (χ2v) is 7.39. The number of hydrogen-bond donors (Lipinski definition) is 1. The fourth-order valence-corrected chi connectivity index (χ4v) is 4.01. The van der Waals surface area contributed by atoms with E-state index < -0.39 is 23.3 Å². The summed E-state index contributed by atoms with van der Waals surface area (Å²) in [6.45, 7) is 5.19. The van der Waals surface area contributed by atoms with Gasteiger partial charge in [-0.15, -0.1) is 0 Å². The second kappa shape index (κ2) is 8.41. The molecule has 8 nitrogen and oxygen atoms in total. The van der Waals surface area contributed by atoms with Gasteiger partial charge in [-0.25, -0.2) is 0 Å². The summed E-state index contributed by atoms with van der Waals surface area (Å²) in [5, 5.41) is 7.99. The van der Waals surface area contributed by atoms with Crippen molar-refractivity contribution in [1.29, 1.82) is 0 Å². The van der Waals surface area contributed by atoms with E-state index >= 15 is 0 Å². The van der Waals surface area contributed by atoms with Crippen molar-refractivity contribution in [3.63, 3.8) is 0 Å². The molecule has 1 heterocycles. The molecule has 1 aromatic carbocycles. The molecular weight excluding hydrogens is 400 g/mol. The first-order chi connectivity index (χ1) is 13.8. The Labute approximate surface area is 172 Å². The van der Waals surface area contributed by atoms with Crippen LogP contribution in [0.5, 0.6) is 0 Å². The fourth-order valence-electron chi connectivity index (χ4n) is 3.74. The molecular formula is C20H23ClN2O6. The number of esters is 3. The number of H-pyrrole nitrogens is 1. The number of fused-ring (bicyclic) bond motifs is 1. The molecule has 0 spiro atoms. The molecule has 1 aromatic heterocycles. The third kappa shape index (κ3) is 4.07. The lowest BCUT2D eigenvalue weighted by Gasteiger charge is -2.18. The molecule has 0 amide bonds. The lowest BCUT2D eigenvalue weighted by atomic mass is 9.91. The zero-order valence-corrected chi connectivity index (χ0v) is 17.3. The van der Waals surface area contributed by atoms with E-state index in [-0.39, 0.29) is 32.2 Å². The SMILES string of the molecule is CCOC(=O)C[C@@]1(C(=O)OCC)C[C@H]1c1cc(Cl)c2[nH]ncc2c1COC(C)=O. The quantitative estimate of drug-likeness (QED) is 0.513. The molecule has 2 aromatic rings. The van der Waals surface area contributed by atoms with E-state index in [0.29, 0.717) is 27.9 Å². The molecule has 156 valence electrons. The van der Waals surface area contributed by atoms with Crippen LogP contribution in [0.25, 0.3) is 10.9 Å². The number of carbonyl (C=O) groups excluding carboxylic acids is 3. The number of ether oxygens (including phenoxy) is 3. The van der Waals surface area contributed by atoms with Crippen molar-refractivity contribution in [3.8, 4) is 0 Å². The molecule has 0 aliphatic heterocycles. The molecule has 0 radical (unpaired) electrons. The van der Waals surface area contributed by atoms with E-state index in [4.69, 9.17) is 25.8 Å². The molecule has 29 heavy (non-hydrogen) atoms. The maximum atomic E-state index is 12.8. The van der Waals surface area contributed by atoms with Gasteiger partial charge >= 0.3 is 17.9 Å². The van der Waals surface area contributed by atoms with E-state index in [1.165, 1.54) is 6.92 Å². The van der Waals surface area contributed by atoms with Gasteiger partial charge in [0.2, 0.25) is 0 Å². The van der Waals surface area contributed by atoms with Crippen LogP contribution < -0.4 is 0 Å². The van der Waals surface area contributed by atoms with Crippen LogP contribution in [0, 0.1) is 5.41 Å². The number of nitrogens with zero attached hydrogens (tertiary/aromatic N) is 1. The van der Waals surface area contributed by atoms with Crippen LogP contribution in [0.1, 0.15) is 50.7 Å². The highest BCUT2D eigenvalue weighted by Gasteiger charge is 2.63. The maximum absolute atomic E-state index is 12.8. The van der Waals surface area contributed by atoms with Gasteiger partial charge in [0.1, 0.15) is 6.61 Å². The van der Waals surface area contributed by atoms with E-state index in [1.54, 1.807) is 26.1 Å². The van der Waals surface area contributed by atoms with Gasteiger partial charge in [0.05, 0.1) is 41.8 Å². The number of nitrogens with one attached hydrogen (secondary N) is 1. The van der Waals surface area contributed by atoms with Crippen LogP contribution >= 0.6 is 11.6 Å². The fraction of sp³-hybridized carbons (Fsp3) is 0.500. The lowest BCUT2D eigenvalue weighted by Crippen LogP contribution is -2.25. The van der Waals surface area contributed by atoms with Crippen LogP contribution in [0.2, 0.25) is 5.02 Å². The van der Waals surface area contributed by atoms with Gasteiger partial charge in [-0.1, -0.05) is 11.6 Å². The van der Waals surface area contributed by atoms with E-state index in [1.807, 2.05) is 0 Å². The van der Waals surface area contributed by atoms with Crippen molar-refractivity contribution in [3.05, 3.63) is 28.4 Å². The highest BCUT2D eigenvalue weighted by molar-refractivity contribution is 6.35. The number of aromatic nitrogens is 2. The summed E-state index contributed by atoms with van der Waals surface area (Å²) in [4.78, 5) is 36.3. The van der Waals surface area contributed by atoms with Gasteiger partial charge in [0.25, 0.3) is 0 Å². The molecule has 1 aliphatic rings. The molecule has 9 heteroatoms. The molecule has 0 saturated heterocycles. The first-order valence-corrected chi connectivity index (χ1v) is 9.82. The molecule has 1 N–H and O–H groups in total. The van der Waals surface area contributed by atoms with Crippen molar-refractivity contribution in [2.45, 2.75) is 46.1 Å². The standard InChI is InChI=1S/C20H23ClN2O6/c1-4-27-17(25)8-20(19(26)28-5-2)7-15(20)12-6-16(21)18-13(9-22-23-18)14(12)10-29-11(3)24/h6,9,15H,4-5,7-8,10H2,1-3H3,(H,22,23)/t15-,20-/m0/s1. The molecule has 0 bridgehead atoms. The topological polar surface area (TPSA) is 108 Å². The number of benzene rings is 1. The van der Waals surface area contributed by atoms with Gasteiger partial charge < -0.3 is 14.2 Å². The average molecular weight is 423 g/mol. The van der Waals surface area contributed by atoms with E-state index in [9.17, 15) is 14.4 Å². The zero-order chi connectivity index (χ0) is 21.2. The number of rotatable bonds is 8. The third-order valence-corrected chi connectivity index (χ3v) is 5.45. The first kappa shape index (κ1) is 21.1. The van der Waals surface area contributed by atoms with Crippen LogP contribution in [-0.4, -0.2) is 41.3 Å². The molecule has 1 saturated carbocycles. The molecule has 1 fully saturated rings. The Morgan fingerprint density at radius 1 is 1.24 bits per heavy atom. The maximum Gasteiger partial charge on any atom is 0.313 e. The Balaban J connectivity index is 2.03. The van der Waals surface area contributed by atoms with Gasteiger partial charge in [-0.2, -0.15) is 5.10 Å². The molecule has 0 unspecified atom stereocenters. The predicted octanol–water partition coefficient (Wildman–Crippen LogP) is 3.27. The summed E-state index contributed by atoms with van der Waals surface area (Å²) in [6.07, 6.45) is 1.93. The highest BCUT2D eigenvalue weighted by atomic mass is 35.5. The minimum Gasteiger partial charge on any atom is -0.466 e.